The van der Waals surface area contributed by atoms with Gasteiger partial charge in [0.15, 0.2) is 0 Å². The molecule has 1 aliphatic rings. The molecular weight excluding hydrogens is 190 g/mol. The lowest BCUT2D eigenvalue weighted by Gasteiger charge is -2.29. The fourth-order valence-electron chi connectivity index (χ4n) is 1.77. The van der Waals surface area contributed by atoms with E-state index in [0.29, 0.717) is 0 Å². The average molecular weight is 209 g/mol. The molecule has 0 saturated carbocycles. The zero-order valence-corrected chi connectivity index (χ0v) is 9.91. The van der Waals surface area contributed by atoms with Crippen molar-refractivity contribution in [3.63, 3.8) is 0 Å². The van der Waals surface area contributed by atoms with Crippen LogP contribution in [0.1, 0.15) is 40.5 Å². The fraction of sp³-hybridized carbons (Fsp3) is 0.750. The van der Waals surface area contributed by atoms with Crippen molar-refractivity contribution in [1.82, 2.24) is 4.90 Å². The zero-order valence-electron chi connectivity index (χ0n) is 9.91. The molecule has 0 N–H and O–H groups in total. The summed E-state index contributed by atoms with van der Waals surface area (Å²) in [6.07, 6.45) is 6.92. The van der Waals surface area contributed by atoms with Gasteiger partial charge in [-0.2, -0.15) is 0 Å². The first-order valence-electron chi connectivity index (χ1n) is 5.32. The van der Waals surface area contributed by atoms with E-state index in [1.54, 1.807) is 4.90 Å². The molecule has 0 radical (unpaired) electrons. The smallest absolute Gasteiger partial charge is 0.411 e. The van der Waals surface area contributed by atoms with Gasteiger partial charge < -0.3 is 4.74 Å². The molecule has 0 aromatic heterocycles. The van der Waals surface area contributed by atoms with Gasteiger partial charge in [0.25, 0.3) is 0 Å². The molecule has 0 aromatic rings. The molecule has 3 heteroatoms. The zero-order chi connectivity index (χ0) is 11.6. The Morgan fingerprint density at radius 2 is 2.07 bits per heavy atom. The molecule has 1 saturated heterocycles. The van der Waals surface area contributed by atoms with E-state index < -0.39 is 5.60 Å². The molecule has 0 bridgehead atoms. The van der Waals surface area contributed by atoms with Gasteiger partial charge in [-0.25, -0.2) is 4.79 Å². The van der Waals surface area contributed by atoms with Crippen molar-refractivity contribution in [3.05, 3.63) is 0 Å². The molecule has 1 heterocycles. The lowest BCUT2D eigenvalue weighted by molar-refractivity contribution is 0.0200. The molecule has 1 rings (SSSR count). The number of carbonyl (C=O) groups is 1. The van der Waals surface area contributed by atoms with Crippen LogP contribution in [0.5, 0.6) is 0 Å². The Hall–Kier alpha value is -1.17. The van der Waals surface area contributed by atoms with E-state index in [0.717, 1.165) is 12.8 Å². The summed E-state index contributed by atoms with van der Waals surface area (Å²) in [4.78, 5) is 13.5. The Balaban J connectivity index is 2.70. The first-order chi connectivity index (χ1) is 6.85. The van der Waals surface area contributed by atoms with E-state index in [-0.39, 0.29) is 18.2 Å². The lowest BCUT2D eigenvalue weighted by Crippen LogP contribution is -2.42. The third-order valence-electron chi connectivity index (χ3n) is 2.47. The summed E-state index contributed by atoms with van der Waals surface area (Å²) in [5.74, 6) is 2.64. The monoisotopic (exact) mass is 209 g/mol. The summed E-state index contributed by atoms with van der Waals surface area (Å²) in [5.41, 5.74) is -0.460. The number of nitrogens with zero attached hydrogens (tertiary/aromatic N) is 1. The van der Waals surface area contributed by atoms with Crippen molar-refractivity contribution in [2.24, 2.45) is 0 Å². The quantitative estimate of drug-likeness (QED) is 0.573. The Morgan fingerprint density at radius 1 is 1.47 bits per heavy atom. The van der Waals surface area contributed by atoms with Crippen molar-refractivity contribution >= 4 is 6.09 Å². The van der Waals surface area contributed by atoms with Crippen LogP contribution in [-0.2, 0) is 4.74 Å². The molecule has 15 heavy (non-hydrogen) atoms. The van der Waals surface area contributed by atoms with Gasteiger partial charge in [-0.1, -0.05) is 5.92 Å². The maximum atomic E-state index is 11.8. The number of amides is 1. The predicted octanol–water partition coefficient (Wildman–Crippen LogP) is 2.41. The number of hydrogen-bond acceptors (Lipinski definition) is 2. The molecule has 1 amide bonds. The van der Waals surface area contributed by atoms with Crippen LogP contribution in [0.3, 0.4) is 0 Å². The second-order valence-electron chi connectivity index (χ2n) is 5.00. The summed E-state index contributed by atoms with van der Waals surface area (Å²) in [7, 11) is 0. The number of likely N-dealkylation sites (tertiary alicyclic amines) is 1. The van der Waals surface area contributed by atoms with Gasteiger partial charge in [-0.05, 0) is 40.5 Å². The van der Waals surface area contributed by atoms with Gasteiger partial charge in [0.05, 0.1) is 6.04 Å². The van der Waals surface area contributed by atoms with Crippen molar-refractivity contribution in [3.8, 4) is 12.3 Å². The third kappa shape index (κ3) is 2.89. The number of terminal acetylenes is 1. The van der Waals surface area contributed by atoms with E-state index in [1.807, 2.05) is 27.7 Å². The van der Waals surface area contributed by atoms with Crippen LogP contribution in [0.25, 0.3) is 0 Å². The van der Waals surface area contributed by atoms with Gasteiger partial charge in [0.2, 0.25) is 0 Å². The topological polar surface area (TPSA) is 29.5 Å². The van der Waals surface area contributed by atoms with E-state index in [4.69, 9.17) is 11.2 Å². The second kappa shape index (κ2) is 4.14. The molecular formula is C12H19NO2. The minimum atomic E-state index is -0.460. The summed E-state index contributed by atoms with van der Waals surface area (Å²) in [6.45, 7) is 7.57. The number of rotatable bonds is 0. The van der Waals surface area contributed by atoms with Crippen LogP contribution in [0.15, 0.2) is 0 Å². The summed E-state index contributed by atoms with van der Waals surface area (Å²) >= 11 is 0. The van der Waals surface area contributed by atoms with Crippen molar-refractivity contribution in [2.75, 3.05) is 0 Å². The highest BCUT2D eigenvalue weighted by Gasteiger charge is 2.35. The first kappa shape index (κ1) is 11.9. The molecule has 0 aromatic carbocycles. The standard InChI is InChI=1S/C12H19NO2/c1-6-10-8-7-9(2)13(10)11(14)15-12(3,4)5/h1,9-10H,7-8H2,2-5H3/t9-,10-/m0/s1. The largest absolute Gasteiger partial charge is 0.444 e. The molecule has 84 valence electrons. The third-order valence-corrected chi connectivity index (χ3v) is 2.47. The molecule has 1 aliphatic heterocycles. The van der Waals surface area contributed by atoms with Crippen molar-refractivity contribution < 1.29 is 9.53 Å². The maximum Gasteiger partial charge on any atom is 0.411 e. The van der Waals surface area contributed by atoms with Crippen LogP contribution in [0, 0.1) is 12.3 Å². The maximum absolute atomic E-state index is 11.8. The van der Waals surface area contributed by atoms with E-state index in [9.17, 15) is 4.79 Å². The van der Waals surface area contributed by atoms with E-state index >= 15 is 0 Å². The Morgan fingerprint density at radius 3 is 2.53 bits per heavy atom. The van der Waals surface area contributed by atoms with Crippen LogP contribution >= 0.6 is 0 Å². The van der Waals surface area contributed by atoms with E-state index in [1.165, 1.54) is 0 Å². The predicted molar refractivity (Wildman–Crippen MR) is 59.4 cm³/mol. The summed E-state index contributed by atoms with van der Waals surface area (Å²) in [5, 5.41) is 0. The van der Waals surface area contributed by atoms with Gasteiger partial charge in [0, 0.05) is 6.04 Å². The molecule has 0 spiro atoms. The van der Waals surface area contributed by atoms with Crippen LogP contribution < -0.4 is 0 Å². The minimum Gasteiger partial charge on any atom is -0.444 e. The molecule has 0 aliphatic carbocycles. The highest BCUT2D eigenvalue weighted by Crippen LogP contribution is 2.25. The van der Waals surface area contributed by atoms with Crippen molar-refractivity contribution in [1.29, 1.82) is 0 Å². The second-order valence-corrected chi connectivity index (χ2v) is 5.00. The Kier molecular flexibility index (Phi) is 3.28. The Labute approximate surface area is 91.8 Å². The highest BCUT2D eigenvalue weighted by atomic mass is 16.6. The number of hydrogen-bond donors (Lipinski definition) is 0. The molecule has 2 atom stereocenters. The van der Waals surface area contributed by atoms with Gasteiger partial charge in [0.1, 0.15) is 5.60 Å². The summed E-state index contributed by atoms with van der Waals surface area (Å²) in [6, 6.07) is 0.0794. The van der Waals surface area contributed by atoms with E-state index in [2.05, 4.69) is 5.92 Å². The van der Waals surface area contributed by atoms with Crippen LogP contribution in [-0.4, -0.2) is 28.7 Å². The molecule has 3 nitrogen and oxygen atoms in total. The van der Waals surface area contributed by atoms with Crippen molar-refractivity contribution in [2.45, 2.75) is 58.2 Å². The fourth-order valence-corrected chi connectivity index (χ4v) is 1.77. The average Bonchev–Trinajstić information content (AvgIpc) is 2.43. The highest BCUT2D eigenvalue weighted by molar-refractivity contribution is 5.70. The SMILES string of the molecule is C#C[C@H]1CC[C@H](C)N1C(=O)OC(C)(C)C. The van der Waals surface area contributed by atoms with Crippen LogP contribution in [0.4, 0.5) is 4.79 Å². The summed E-state index contributed by atoms with van der Waals surface area (Å²) < 4.78 is 5.32. The normalized spacial score (nSPS) is 26.2. The Bertz CT molecular complexity index is 285. The van der Waals surface area contributed by atoms with Gasteiger partial charge in [-0.15, -0.1) is 6.42 Å². The minimum absolute atomic E-state index is 0.102. The number of ether oxygens (including phenoxy) is 1. The van der Waals surface area contributed by atoms with Crippen LogP contribution in [0.2, 0.25) is 0 Å². The molecule has 1 fully saturated rings. The number of carbonyl (C=O) groups excluding carboxylic acids is 1. The van der Waals surface area contributed by atoms with Gasteiger partial charge >= 0.3 is 6.09 Å². The van der Waals surface area contributed by atoms with Gasteiger partial charge in [-0.3, -0.25) is 4.90 Å². The first-order valence-corrected chi connectivity index (χ1v) is 5.32. The lowest BCUT2D eigenvalue weighted by atomic mass is 10.2. The molecule has 0 unspecified atom stereocenters.